The summed E-state index contributed by atoms with van der Waals surface area (Å²) < 4.78 is 22.3. The largest absolute Gasteiger partial charge is 0.423 e. The molecule has 3 rings (SSSR count). The van der Waals surface area contributed by atoms with Crippen molar-refractivity contribution in [1.82, 2.24) is 0 Å². The summed E-state index contributed by atoms with van der Waals surface area (Å²) in [5, 5.41) is 9.81. The van der Waals surface area contributed by atoms with Gasteiger partial charge in [0.15, 0.2) is 0 Å². The van der Waals surface area contributed by atoms with E-state index in [0.29, 0.717) is 21.0 Å². The van der Waals surface area contributed by atoms with E-state index in [4.69, 9.17) is 16.3 Å². The molecule has 3 aromatic rings. The van der Waals surface area contributed by atoms with Gasteiger partial charge in [-0.3, -0.25) is 4.79 Å². The maximum atomic E-state index is 13.0. The summed E-state index contributed by atoms with van der Waals surface area (Å²) in [5.74, 6) is -0.801. The third kappa shape index (κ3) is 5.70. The van der Waals surface area contributed by atoms with E-state index >= 15 is 0 Å². The Morgan fingerprint density at radius 1 is 0.969 bits per heavy atom. The monoisotopic (exact) mass is 464 g/mol. The minimum atomic E-state index is -2.94. The number of benzene rings is 3. The zero-order valence-corrected chi connectivity index (χ0v) is 18.5. The molecule has 0 aliphatic heterocycles. The maximum Gasteiger partial charge on any atom is 0.343 e. The van der Waals surface area contributed by atoms with Gasteiger partial charge in [-0.2, -0.15) is 5.26 Å². The van der Waals surface area contributed by atoms with Gasteiger partial charge in [-0.1, -0.05) is 41.9 Å². The fraction of sp³-hybridized carbons (Fsp3) is 0.0417. The van der Waals surface area contributed by atoms with E-state index in [-0.39, 0.29) is 11.3 Å². The van der Waals surface area contributed by atoms with Crippen LogP contribution in [0.4, 0.5) is 0 Å². The Labute approximate surface area is 190 Å². The Morgan fingerprint density at radius 2 is 1.59 bits per heavy atom. The average Bonchev–Trinajstić information content (AvgIpc) is 2.80. The van der Waals surface area contributed by atoms with E-state index in [1.165, 1.54) is 30.5 Å². The van der Waals surface area contributed by atoms with E-state index in [1.807, 2.05) is 0 Å². The maximum absolute atomic E-state index is 13.0. The van der Waals surface area contributed by atoms with Crippen molar-refractivity contribution >= 4 is 33.1 Å². The number of esters is 1. The summed E-state index contributed by atoms with van der Waals surface area (Å²) in [6.45, 7) is 0. The van der Waals surface area contributed by atoms with Crippen molar-refractivity contribution in [2.45, 2.75) is 4.90 Å². The average molecular weight is 465 g/mol. The SMILES string of the molecule is C[S@](=O)(=N/C=C(\C#N)C(=O)c1ccccc1)c1ccc(OC(=O)c2ccc(Cl)cc2)cc1. The van der Waals surface area contributed by atoms with Crippen LogP contribution in [-0.2, 0) is 9.73 Å². The molecule has 3 aromatic carbocycles. The van der Waals surface area contributed by atoms with Crippen LogP contribution in [-0.4, -0.2) is 22.2 Å². The van der Waals surface area contributed by atoms with Crippen molar-refractivity contribution < 1.29 is 18.5 Å². The Morgan fingerprint density at radius 3 is 2.19 bits per heavy atom. The van der Waals surface area contributed by atoms with E-state index in [9.17, 15) is 19.1 Å². The van der Waals surface area contributed by atoms with Crippen LogP contribution in [0.25, 0.3) is 0 Å². The number of hydrogen-bond acceptors (Lipinski definition) is 6. The van der Waals surface area contributed by atoms with Crippen molar-refractivity contribution in [2.75, 3.05) is 6.26 Å². The third-order valence-corrected chi connectivity index (χ3v) is 6.24. The van der Waals surface area contributed by atoms with Gasteiger partial charge >= 0.3 is 5.97 Å². The molecular weight excluding hydrogens is 448 g/mol. The van der Waals surface area contributed by atoms with Gasteiger partial charge in [0.25, 0.3) is 0 Å². The van der Waals surface area contributed by atoms with Crippen LogP contribution in [0.15, 0.2) is 99.9 Å². The number of nitriles is 1. The third-order valence-electron chi connectivity index (χ3n) is 4.34. The molecule has 0 spiro atoms. The van der Waals surface area contributed by atoms with Gasteiger partial charge in [-0.25, -0.2) is 13.4 Å². The molecular formula is C24H17ClN2O4S. The van der Waals surface area contributed by atoms with Crippen molar-refractivity contribution in [3.63, 3.8) is 0 Å². The predicted molar refractivity (Wildman–Crippen MR) is 122 cm³/mol. The lowest BCUT2D eigenvalue weighted by atomic mass is 10.1. The number of halogens is 1. The summed E-state index contributed by atoms with van der Waals surface area (Å²) >= 11 is 5.81. The predicted octanol–water partition coefficient (Wildman–Crippen LogP) is 5.31. The molecule has 0 unspecified atom stereocenters. The minimum absolute atomic E-state index is 0.223. The first kappa shape index (κ1) is 22.9. The number of allylic oxidation sites excluding steroid dienone is 1. The van der Waals surface area contributed by atoms with Gasteiger partial charge in [0.2, 0.25) is 5.78 Å². The second-order valence-electron chi connectivity index (χ2n) is 6.63. The van der Waals surface area contributed by atoms with Crippen LogP contribution in [0.3, 0.4) is 0 Å². The van der Waals surface area contributed by atoms with E-state index in [0.717, 1.165) is 6.20 Å². The highest BCUT2D eigenvalue weighted by Crippen LogP contribution is 2.20. The molecule has 160 valence electrons. The molecule has 0 bridgehead atoms. The number of ether oxygens (including phenoxy) is 1. The summed E-state index contributed by atoms with van der Waals surface area (Å²) in [6, 6.07) is 22.4. The molecule has 0 aliphatic carbocycles. The van der Waals surface area contributed by atoms with Gasteiger partial charge in [-0.05, 0) is 48.5 Å². The lowest BCUT2D eigenvalue weighted by molar-refractivity contribution is 0.0734. The number of rotatable bonds is 6. The van der Waals surface area contributed by atoms with Gasteiger partial charge < -0.3 is 4.74 Å². The van der Waals surface area contributed by atoms with Crippen LogP contribution in [0.1, 0.15) is 20.7 Å². The van der Waals surface area contributed by atoms with E-state index in [1.54, 1.807) is 60.7 Å². The second-order valence-corrected chi connectivity index (χ2v) is 9.35. The fourth-order valence-electron chi connectivity index (χ4n) is 2.61. The van der Waals surface area contributed by atoms with Crippen molar-refractivity contribution in [2.24, 2.45) is 4.36 Å². The Balaban J connectivity index is 1.78. The summed E-state index contributed by atoms with van der Waals surface area (Å²) in [4.78, 5) is 25.0. The van der Waals surface area contributed by atoms with E-state index in [2.05, 4.69) is 4.36 Å². The van der Waals surface area contributed by atoms with Crippen LogP contribution in [0, 0.1) is 11.3 Å². The molecule has 0 saturated heterocycles. The van der Waals surface area contributed by atoms with Crippen LogP contribution in [0.2, 0.25) is 5.02 Å². The van der Waals surface area contributed by atoms with Crippen LogP contribution < -0.4 is 4.74 Å². The number of hydrogen-bond donors (Lipinski definition) is 0. The molecule has 0 radical (unpaired) electrons. The van der Waals surface area contributed by atoms with Gasteiger partial charge in [0.1, 0.15) is 17.4 Å². The number of nitrogens with zero attached hydrogens (tertiary/aromatic N) is 2. The Kier molecular flexibility index (Phi) is 7.21. The van der Waals surface area contributed by atoms with Gasteiger partial charge in [0.05, 0.1) is 21.5 Å². The summed E-state index contributed by atoms with van der Waals surface area (Å²) in [7, 11) is -2.94. The molecule has 0 heterocycles. The lowest BCUT2D eigenvalue weighted by Gasteiger charge is -2.07. The van der Waals surface area contributed by atoms with E-state index < -0.39 is 21.5 Å². The fourth-order valence-corrected chi connectivity index (χ4v) is 3.80. The number of Topliss-reactive ketones (excluding diaryl/α,β-unsaturated/α-hetero) is 1. The first-order valence-electron chi connectivity index (χ1n) is 9.29. The highest BCUT2D eigenvalue weighted by Gasteiger charge is 2.13. The smallest absolute Gasteiger partial charge is 0.343 e. The van der Waals surface area contributed by atoms with Gasteiger partial charge in [0, 0.05) is 21.7 Å². The molecule has 0 saturated carbocycles. The number of ketones is 1. The Bertz CT molecular complexity index is 1330. The summed E-state index contributed by atoms with van der Waals surface area (Å²) in [6.07, 6.45) is 2.42. The molecule has 0 N–H and O–H groups in total. The molecule has 0 fully saturated rings. The molecule has 6 nitrogen and oxygen atoms in total. The quantitative estimate of drug-likeness (QED) is 0.162. The van der Waals surface area contributed by atoms with Gasteiger partial charge in [-0.15, -0.1) is 0 Å². The first-order chi connectivity index (χ1) is 15.3. The highest BCUT2D eigenvalue weighted by molar-refractivity contribution is 7.93. The zero-order valence-electron chi connectivity index (χ0n) is 16.9. The van der Waals surface area contributed by atoms with Crippen LogP contribution >= 0.6 is 11.6 Å². The molecule has 0 aromatic heterocycles. The van der Waals surface area contributed by atoms with Crippen LogP contribution in [0.5, 0.6) is 5.75 Å². The van der Waals surface area contributed by atoms with Crippen molar-refractivity contribution in [1.29, 1.82) is 5.26 Å². The second kappa shape index (κ2) is 10.1. The normalized spacial score (nSPS) is 12.8. The molecule has 1 atom stereocenters. The standard InChI is InChI=1S/C24H17ClN2O4S/c1-32(30,27-16-19(15-26)23(28)17-5-3-2-4-6-17)22-13-11-21(12-14-22)31-24(29)18-7-9-20(25)10-8-18/h2-14,16H,1H3/b19-16+/t32-/m1/s1. The molecule has 32 heavy (non-hydrogen) atoms. The topological polar surface area (TPSA) is 96.6 Å². The van der Waals surface area contributed by atoms with Crippen molar-refractivity contribution in [3.05, 3.63) is 107 Å². The molecule has 8 heteroatoms. The molecule has 0 aliphatic rings. The number of carbonyl (C=O) groups is 2. The first-order valence-corrected chi connectivity index (χ1v) is 11.6. The zero-order chi connectivity index (χ0) is 23.1. The lowest BCUT2D eigenvalue weighted by Crippen LogP contribution is -2.08. The highest BCUT2D eigenvalue weighted by atomic mass is 35.5. The summed E-state index contributed by atoms with van der Waals surface area (Å²) in [5.41, 5.74) is 0.453. The van der Waals surface area contributed by atoms with Crippen molar-refractivity contribution in [3.8, 4) is 11.8 Å². The Hall–Kier alpha value is -3.73. The number of carbonyl (C=O) groups excluding carboxylic acids is 2. The molecule has 0 amide bonds. The minimum Gasteiger partial charge on any atom is -0.423 e.